The maximum atomic E-state index is 13.6. The Labute approximate surface area is 200 Å². The van der Waals surface area contributed by atoms with Gasteiger partial charge in [-0.25, -0.2) is 0 Å². The van der Waals surface area contributed by atoms with Gasteiger partial charge in [-0.15, -0.1) is 11.3 Å². The number of aryl methyl sites for hydroxylation is 1. The molecular weight excluding hydrogens is 436 g/mol. The minimum absolute atomic E-state index is 0.0156. The third kappa shape index (κ3) is 6.22. The Morgan fingerprint density at radius 3 is 2.61 bits per heavy atom. The molecule has 7 heteroatoms. The van der Waals surface area contributed by atoms with E-state index >= 15 is 0 Å². The number of thiophene rings is 1. The lowest BCUT2D eigenvalue weighted by molar-refractivity contribution is -0.147. The number of nitrogens with zero attached hydrogens (tertiary/aromatic N) is 2. The van der Waals surface area contributed by atoms with Gasteiger partial charge in [-0.3, -0.25) is 14.4 Å². The Hall–Kier alpha value is -2.67. The zero-order valence-electron chi connectivity index (χ0n) is 20.0. The fourth-order valence-electron chi connectivity index (χ4n) is 4.36. The van der Waals surface area contributed by atoms with Gasteiger partial charge >= 0.3 is 5.97 Å². The van der Waals surface area contributed by atoms with Crippen LogP contribution in [0.25, 0.3) is 0 Å². The molecule has 0 radical (unpaired) electrons. The highest BCUT2D eigenvalue weighted by molar-refractivity contribution is 7.10. The molecule has 33 heavy (non-hydrogen) atoms. The average Bonchev–Trinajstić information content (AvgIpc) is 3.25. The van der Waals surface area contributed by atoms with Gasteiger partial charge in [0.1, 0.15) is 0 Å². The van der Waals surface area contributed by atoms with Crippen molar-refractivity contribution in [3.05, 3.63) is 57.3 Å². The number of amides is 2. The summed E-state index contributed by atoms with van der Waals surface area (Å²) in [6.07, 6.45) is 0.903. The van der Waals surface area contributed by atoms with Crippen LogP contribution in [-0.4, -0.2) is 53.8 Å². The van der Waals surface area contributed by atoms with E-state index in [9.17, 15) is 14.4 Å². The maximum absolute atomic E-state index is 13.6. The lowest BCUT2D eigenvalue weighted by Gasteiger charge is -2.38. The Kier molecular flexibility index (Phi) is 8.67. The second kappa shape index (κ2) is 11.5. The molecule has 0 spiro atoms. The summed E-state index contributed by atoms with van der Waals surface area (Å²) in [5.41, 5.74) is 3.44. The highest BCUT2D eigenvalue weighted by atomic mass is 32.1. The zero-order chi connectivity index (χ0) is 24.0. The number of benzene rings is 1. The summed E-state index contributed by atoms with van der Waals surface area (Å²) in [6, 6.07) is 10.1. The monoisotopic (exact) mass is 470 g/mol. The van der Waals surface area contributed by atoms with Crippen LogP contribution in [0.1, 0.15) is 61.2 Å². The van der Waals surface area contributed by atoms with Crippen molar-refractivity contribution in [3.63, 3.8) is 0 Å². The van der Waals surface area contributed by atoms with Gasteiger partial charge in [-0.1, -0.05) is 38.1 Å². The predicted molar refractivity (Wildman–Crippen MR) is 130 cm³/mol. The van der Waals surface area contributed by atoms with Crippen LogP contribution in [0, 0.1) is 12.8 Å². The fourth-order valence-corrected chi connectivity index (χ4v) is 5.27. The number of carbonyl (C=O) groups is 3. The first-order valence-electron chi connectivity index (χ1n) is 11.7. The highest BCUT2D eigenvalue weighted by Crippen LogP contribution is 2.39. The third-order valence-corrected chi connectivity index (χ3v) is 6.88. The van der Waals surface area contributed by atoms with Crippen molar-refractivity contribution in [1.29, 1.82) is 0 Å². The first-order chi connectivity index (χ1) is 15.8. The molecule has 2 aromatic rings. The number of ether oxygens (including phenoxy) is 1. The number of hydrogen-bond donors (Lipinski definition) is 0. The molecule has 0 fully saturated rings. The maximum Gasteiger partial charge on any atom is 0.306 e. The van der Waals surface area contributed by atoms with E-state index < -0.39 is 0 Å². The summed E-state index contributed by atoms with van der Waals surface area (Å²) in [5, 5.41) is 2.09. The molecule has 0 aliphatic carbocycles. The summed E-state index contributed by atoms with van der Waals surface area (Å²) in [7, 11) is 0. The minimum Gasteiger partial charge on any atom is -0.466 e. The van der Waals surface area contributed by atoms with E-state index in [0.717, 1.165) is 17.5 Å². The molecule has 1 aromatic heterocycles. The van der Waals surface area contributed by atoms with E-state index in [-0.39, 0.29) is 49.1 Å². The van der Waals surface area contributed by atoms with E-state index in [1.165, 1.54) is 10.4 Å². The van der Waals surface area contributed by atoms with Crippen LogP contribution in [0.3, 0.4) is 0 Å². The van der Waals surface area contributed by atoms with E-state index in [0.29, 0.717) is 19.7 Å². The zero-order valence-corrected chi connectivity index (χ0v) is 20.8. The summed E-state index contributed by atoms with van der Waals surface area (Å²) >= 11 is 1.74. The number of rotatable bonds is 9. The molecule has 0 saturated heterocycles. The van der Waals surface area contributed by atoms with Gasteiger partial charge in [0, 0.05) is 24.4 Å². The van der Waals surface area contributed by atoms with Crippen molar-refractivity contribution in [2.24, 2.45) is 5.92 Å². The lowest BCUT2D eigenvalue weighted by atomic mass is 9.90. The van der Waals surface area contributed by atoms with Crippen molar-refractivity contribution in [1.82, 2.24) is 9.80 Å². The van der Waals surface area contributed by atoms with Gasteiger partial charge in [-0.05, 0) is 54.3 Å². The molecule has 1 aromatic carbocycles. The van der Waals surface area contributed by atoms with Gasteiger partial charge < -0.3 is 14.5 Å². The lowest BCUT2D eigenvalue weighted by Crippen LogP contribution is -2.47. The Balaban J connectivity index is 1.81. The molecule has 0 bridgehead atoms. The number of hydrogen-bond acceptors (Lipinski definition) is 5. The second-order valence-corrected chi connectivity index (χ2v) is 9.87. The van der Waals surface area contributed by atoms with Gasteiger partial charge in [0.2, 0.25) is 11.8 Å². The van der Waals surface area contributed by atoms with E-state index in [4.69, 9.17) is 4.74 Å². The van der Waals surface area contributed by atoms with Gasteiger partial charge in [0.15, 0.2) is 0 Å². The summed E-state index contributed by atoms with van der Waals surface area (Å²) in [6.45, 7) is 9.25. The highest BCUT2D eigenvalue weighted by Gasteiger charge is 2.34. The number of carbonyl (C=O) groups excluding carboxylic acids is 3. The molecule has 1 atom stereocenters. The molecule has 0 N–H and O–H groups in total. The normalized spacial score (nSPS) is 15.3. The van der Waals surface area contributed by atoms with Crippen LogP contribution in [-0.2, 0) is 25.5 Å². The van der Waals surface area contributed by atoms with Gasteiger partial charge in [0.25, 0.3) is 0 Å². The Morgan fingerprint density at radius 1 is 1.15 bits per heavy atom. The second-order valence-electron chi connectivity index (χ2n) is 8.87. The van der Waals surface area contributed by atoms with E-state index in [1.807, 2.05) is 30.9 Å². The average molecular weight is 471 g/mol. The standard InChI is InChI=1S/C26H34N2O4S/c1-5-32-25(31)11-10-23(29)27(16-18(2)3)17-24(30)28-14-12-22-21(13-15-33-22)26(28)20-9-7-6-8-19(20)4/h6-9,13,15,18,26H,5,10-12,14,16-17H2,1-4H3. The van der Waals surface area contributed by atoms with Crippen molar-refractivity contribution in [2.75, 3.05) is 26.2 Å². The van der Waals surface area contributed by atoms with E-state index in [1.54, 1.807) is 23.2 Å². The quantitative estimate of drug-likeness (QED) is 0.511. The smallest absolute Gasteiger partial charge is 0.306 e. The summed E-state index contributed by atoms with van der Waals surface area (Å²) < 4.78 is 4.95. The van der Waals surface area contributed by atoms with Crippen LogP contribution in [0.4, 0.5) is 0 Å². The van der Waals surface area contributed by atoms with Crippen molar-refractivity contribution in [3.8, 4) is 0 Å². The van der Waals surface area contributed by atoms with E-state index in [2.05, 4.69) is 30.5 Å². The predicted octanol–water partition coefficient (Wildman–Crippen LogP) is 4.36. The summed E-state index contributed by atoms with van der Waals surface area (Å²) in [4.78, 5) is 43.1. The minimum atomic E-state index is -0.387. The number of fused-ring (bicyclic) bond motifs is 1. The summed E-state index contributed by atoms with van der Waals surface area (Å²) in [5.74, 6) is -0.431. The molecule has 3 rings (SSSR count). The van der Waals surface area contributed by atoms with Gasteiger partial charge in [0.05, 0.1) is 25.6 Å². The SMILES string of the molecule is CCOC(=O)CCC(=O)N(CC(=O)N1CCc2sccc2C1c1ccccc1C)CC(C)C. The van der Waals surface area contributed by atoms with Crippen molar-refractivity contribution in [2.45, 2.75) is 53.0 Å². The number of esters is 1. The molecule has 6 nitrogen and oxygen atoms in total. The molecule has 178 valence electrons. The first kappa shape index (κ1) is 25.0. The molecule has 2 amide bonds. The van der Waals surface area contributed by atoms with Crippen LogP contribution < -0.4 is 0 Å². The molecule has 1 unspecified atom stereocenters. The largest absolute Gasteiger partial charge is 0.466 e. The van der Waals surface area contributed by atoms with Gasteiger partial charge in [-0.2, -0.15) is 0 Å². The molecule has 0 saturated carbocycles. The molecule has 1 aliphatic heterocycles. The van der Waals surface area contributed by atoms with Crippen LogP contribution in [0.2, 0.25) is 0 Å². The molecular formula is C26H34N2O4S. The molecule has 1 aliphatic rings. The van der Waals surface area contributed by atoms with Crippen LogP contribution in [0.15, 0.2) is 35.7 Å². The first-order valence-corrected chi connectivity index (χ1v) is 12.5. The Bertz CT molecular complexity index is 984. The van der Waals surface area contributed by atoms with Crippen LogP contribution >= 0.6 is 11.3 Å². The van der Waals surface area contributed by atoms with Crippen LogP contribution in [0.5, 0.6) is 0 Å². The topological polar surface area (TPSA) is 66.9 Å². The molecule has 2 heterocycles. The third-order valence-electron chi connectivity index (χ3n) is 5.88. The fraction of sp³-hybridized carbons (Fsp3) is 0.500. The van der Waals surface area contributed by atoms with Crippen molar-refractivity contribution >= 4 is 29.1 Å². The Morgan fingerprint density at radius 2 is 1.91 bits per heavy atom. The van der Waals surface area contributed by atoms with Crippen molar-refractivity contribution < 1.29 is 19.1 Å².